The van der Waals surface area contributed by atoms with Crippen molar-refractivity contribution < 1.29 is 0 Å². The maximum Gasteiger partial charge on any atom is 0.0228 e. The maximum atomic E-state index is 3.32. The van der Waals surface area contributed by atoms with Crippen LogP contribution in [0.3, 0.4) is 0 Å². The largest absolute Gasteiger partial charge is 0.364 e. The van der Waals surface area contributed by atoms with Crippen molar-refractivity contribution in [1.29, 1.82) is 0 Å². The minimum Gasteiger partial charge on any atom is -0.364 e. The summed E-state index contributed by atoms with van der Waals surface area (Å²) in [5.41, 5.74) is 1.83. The highest BCUT2D eigenvalue weighted by molar-refractivity contribution is 5.21. The van der Waals surface area contributed by atoms with E-state index in [1.54, 1.807) is 0 Å². The molecule has 0 atom stereocenters. The lowest BCUT2D eigenvalue weighted by molar-refractivity contribution is 0.233. The lowest BCUT2D eigenvalue weighted by Crippen LogP contribution is -2.43. The SMILES string of the molecule is CNCC1(c2ccc[nH]2)CCC1. The monoisotopic (exact) mass is 164 g/mol. The molecule has 0 saturated heterocycles. The van der Waals surface area contributed by atoms with Crippen LogP contribution in [0.25, 0.3) is 0 Å². The molecule has 66 valence electrons. The second kappa shape index (κ2) is 2.94. The molecule has 2 nitrogen and oxygen atoms in total. The van der Waals surface area contributed by atoms with E-state index in [4.69, 9.17) is 0 Å². The highest BCUT2D eigenvalue weighted by atomic mass is 14.9. The van der Waals surface area contributed by atoms with E-state index >= 15 is 0 Å². The zero-order valence-corrected chi connectivity index (χ0v) is 7.56. The molecular weight excluding hydrogens is 148 g/mol. The van der Waals surface area contributed by atoms with Gasteiger partial charge in [0.15, 0.2) is 0 Å². The Labute approximate surface area is 73.4 Å². The van der Waals surface area contributed by atoms with E-state index < -0.39 is 0 Å². The molecule has 1 aromatic heterocycles. The summed E-state index contributed by atoms with van der Waals surface area (Å²) in [6, 6.07) is 4.29. The van der Waals surface area contributed by atoms with Gasteiger partial charge in [-0.1, -0.05) is 6.42 Å². The van der Waals surface area contributed by atoms with Crippen LogP contribution in [-0.2, 0) is 5.41 Å². The predicted octanol–water partition coefficient (Wildman–Crippen LogP) is 1.66. The molecule has 0 unspecified atom stereocenters. The summed E-state index contributed by atoms with van der Waals surface area (Å²) < 4.78 is 0. The first-order chi connectivity index (χ1) is 5.87. The Kier molecular flexibility index (Phi) is 1.93. The predicted molar refractivity (Wildman–Crippen MR) is 50.2 cm³/mol. The van der Waals surface area contributed by atoms with E-state index in [-0.39, 0.29) is 0 Å². The Bertz CT molecular complexity index is 234. The molecule has 2 rings (SSSR count). The molecule has 1 fully saturated rings. The number of rotatable bonds is 3. The molecule has 1 heterocycles. The van der Waals surface area contributed by atoms with Gasteiger partial charge in [0.1, 0.15) is 0 Å². The number of nitrogens with one attached hydrogen (secondary N) is 2. The third kappa shape index (κ3) is 1.07. The molecule has 0 bridgehead atoms. The molecular formula is C10H16N2. The van der Waals surface area contributed by atoms with Crippen molar-refractivity contribution in [2.75, 3.05) is 13.6 Å². The van der Waals surface area contributed by atoms with E-state index in [2.05, 4.69) is 22.4 Å². The van der Waals surface area contributed by atoms with Crippen LogP contribution in [0, 0.1) is 0 Å². The average molecular weight is 164 g/mol. The van der Waals surface area contributed by atoms with E-state index in [1.807, 2.05) is 13.2 Å². The van der Waals surface area contributed by atoms with Crippen LogP contribution in [-0.4, -0.2) is 18.6 Å². The van der Waals surface area contributed by atoms with Crippen LogP contribution >= 0.6 is 0 Å². The fraction of sp³-hybridized carbons (Fsp3) is 0.600. The molecule has 1 aliphatic carbocycles. The summed E-state index contributed by atoms with van der Waals surface area (Å²) in [4.78, 5) is 3.32. The Morgan fingerprint density at radius 3 is 2.83 bits per heavy atom. The fourth-order valence-corrected chi connectivity index (χ4v) is 2.14. The minimum atomic E-state index is 0.429. The highest BCUT2D eigenvalue weighted by Crippen LogP contribution is 2.42. The van der Waals surface area contributed by atoms with Gasteiger partial charge in [-0.25, -0.2) is 0 Å². The lowest BCUT2D eigenvalue weighted by Gasteiger charge is -2.41. The van der Waals surface area contributed by atoms with Gasteiger partial charge in [0, 0.05) is 23.9 Å². The number of hydrogen-bond donors (Lipinski definition) is 2. The summed E-state index contributed by atoms with van der Waals surface area (Å²) in [6.45, 7) is 1.10. The average Bonchev–Trinajstić information content (AvgIpc) is 2.48. The highest BCUT2D eigenvalue weighted by Gasteiger charge is 2.38. The van der Waals surface area contributed by atoms with E-state index in [1.165, 1.54) is 25.0 Å². The van der Waals surface area contributed by atoms with Gasteiger partial charge in [0.05, 0.1) is 0 Å². The number of aromatic amines is 1. The van der Waals surface area contributed by atoms with Crippen LogP contribution in [0.4, 0.5) is 0 Å². The standard InChI is InChI=1S/C10H16N2/c1-11-8-10(5-3-6-10)9-4-2-7-12-9/h2,4,7,11-12H,3,5-6,8H2,1H3. The van der Waals surface area contributed by atoms with Gasteiger partial charge in [0.25, 0.3) is 0 Å². The second-order valence-electron chi connectivity index (χ2n) is 3.75. The Morgan fingerprint density at radius 1 is 1.58 bits per heavy atom. The molecule has 2 heteroatoms. The van der Waals surface area contributed by atoms with Gasteiger partial charge in [-0.3, -0.25) is 0 Å². The van der Waals surface area contributed by atoms with Crippen LogP contribution in [0.5, 0.6) is 0 Å². The zero-order chi connectivity index (χ0) is 8.44. The third-order valence-corrected chi connectivity index (χ3v) is 3.00. The Hall–Kier alpha value is -0.760. The molecule has 0 aromatic carbocycles. The minimum absolute atomic E-state index is 0.429. The molecule has 12 heavy (non-hydrogen) atoms. The van der Waals surface area contributed by atoms with E-state index in [0.29, 0.717) is 5.41 Å². The van der Waals surface area contributed by atoms with Gasteiger partial charge >= 0.3 is 0 Å². The van der Waals surface area contributed by atoms with Crippen LogP contribution < -0.4 is 5.32 Å². The quantitative estimate of drug-likeness (QED) is 0.698. The number of hydrogen-bond acceptors (Lipinski definition) is 1. The number of H-pyrrole nitrogens is 1. The van der Waals surface area contributed by atoms with Gasteiger partial charge < -0.3 is 10.3 Å². The zero-order valence-electron chi connectivity index (χ0n) is 7.56. The van der Waals surface area contributed by atoms with Crippen LogP contribution in [0.1, 0.15) is 25.0 Å². The van der Waals surface area contributed by atoms with Gasteiger partial charge in [-0.2, -0.15) is 0 Å². The summed E-state index contributed by atoms with van der Waals surface area (Å²) in [5.74, 6) is 0. The van der Waals surface area contributed by atoms with Crippen molar-refractivity contribution in [1.82, 2.24) is 10.3 Å². The van der Waals surface area contributed by atoms with Crippen molar-refractivity contribution >= 4 is 0 Å². The molecule has 1 saturated carbocycles. The van der Waals surface area contributed by atoms with Crippen LogP contribution in [0.15, 0.2) is 18.3 Å². The summed E-state index contributed by atoms with van der Waals surface area (Å²) in [7, 11) is 2.03. The van der Waals surface area contributed by atoms with Crippen molar-refractivity contribution in [3.05, 3.63) is 24.0 Å². The van der Waals surface area contributed by atoms with Gasteiger partial charge in [-0.05, 0) is 32.0 Å². The van der Waals surface area contributed by atoms with Crippen molar-refractivity contribution in [3.8, 4) is 0 Å². The first-order valence-electron chi connectivity index (χ1n) is 4.66. The normalized spacial score (nSPS) is 20.4. The molecule has 0 spiro atoms. The first-order valence-corrected chi connectivity index (χ1v) is 4.66. The summed E-state index contributed by atoms with van der Waals surface area (Å²) >= 11 is 0. The van der Waals surface area contributed by atoms with Gasteiger partial charge in [0.2, 0.25) is 0 Å². The first kappa shape index (κ1) is 7.87. The van der Waals surface area contributed by atoms with Crippen molar-refractivity contribution in [3.63, 3.8) is 0 Å². The lowest BCUT2D eigenvalue weighted by atomic mass is 9.66. The smallest absolute Gasteiger partial charge is 0.0228 e. The Morgan fingerprint density at radius 2 is 2.42 bits per heavy atom. The molecule has 0 radical (unpaired) electrons. The molecule has 0 aliphatic heterocycles. The molecule has 0 amide bonds. The molecule has 2 N–H and O–H groups in total. The number of likely N-dealkylation sites (N-methyl/N-ethyl adjacent to an activating group) is 1. The van der Waals surface area contributed by atoms with Crippen molar-refractivity contribution in [2.45, 2.75) is 24.7 Å². The Balaban J connectivity index is 2.17. The number of aromatic nitrogens is 1. The summed E-state index contributed by atoms with van der Waals surface area (Å²) in [5, 5.41) is 3.28. The third-order valence-electron chi connectivity index (χ3n) is 3.00. The van der Waals surface area contributed by atoms with E-state index in [0.717, 1.165) is 6.54 Å². The maximum absolute atomic E-state index is 3.32. The topological polar surface area (TPSA) is 27.8 Å². The van der Waals surface area contributed by atoms with Crippen LogP contribution in [0.2, 0.25) is 0 Å². The van der Waals surface area contributed by atoms with Gasteiger partial charge in [-0.15, -0.1) is 0 Å². The second-order valence-corrected chi connectivity index (χ2v) is 3.75. The fourth-order valence-electron chi connectivity index (χ4n) is 2.14. The summed E-state index contributed by atoms with van der Waals surface area (Å²) in [6.07, 6.45) is 6.05. The van der Waals surface area contributed by atoms with E-state index in [9.17, 15) is 0 Å². The van der Waals surface area contributed by atoms with Crippen molar-refractivity contribution in [2.24, 2.45) is 0 Å². The molecule has 1 aromatic rings. The molecule has 1 aliphatic rings.